The van der Waals surface area contributed by atoms with Crippen molar-refractivity contribution in [1.82, 2.24) is 0 Å². The summed E-state index contributed by atoms with van der Waals surface area (Å²) in [7, 11) is 1.53. The molecule has 5 heteroatoms. The van der Waals surface area contributed by atoms with Gasteiger partial charge < -0.3 is 20.7 Å². The van der Waals surface area contributed by atoms with Gasteiger partial charge in [-0.05, 0) is 23.8 Å². The lowest BCUT2D eigenvalue weighted by Crippen LogP contribution is -2.02. The number of ether oxygens (including phenoxy) is 1. The SMILES string of the molecule is COc1ccc(C(O)c2cc(F)cc(N)c2O)cc1. The highest BCUT2D eigenvalue weighted by Crippen LogP contribution is 2.34. The van der Waals surface area contributed by atoms with Gasteiger partial charge in [-0.15, -0.1) is 0 Å². The summed E-state index contributed by atoms with van der Waals surface area (Å²) in [5.74, 6) is -0.290. The molecule has 0 aliphatic rings. The number of benzene rings is 2. The maximum atomic E-state index is 13.3. The van der Waals surface area contributed by atoms with Crippen LogP contribution in [0, 0.1) is 5.82 Å². The first kappa shape index (κ1) is 13.2. The minimum absolute atomic E-state index is 0.0302. The monoisotopic (exact) mass is 263 g/mol. The van der Waals surface area contributed by atoms with Crippen molar-refractivity contribution in [3.63, 3.8) is 0 Å². The Balaban J connectivity index is 2.40. The van der Waals surface area contributed by atoms with Gasteiger partial charge in [-0.1, -0.05) is 12.1 Å². The molecular weight excluding hydrogens is 249 g/mol. The molecule has 0 bridgehead atoms. The summed E-state index contributed by atoms with van der Waals surface area (Å²) < 4.78 is 18.3. The Morgan fingerprint density at radius 3 is 2.42 bits per heavy atom. The number of halogens is 1. The van der Waals surface area contributed by atoms with E-state index in [1.54, 1.807) is 24.3 Å². The van der Waals surface area contributed by atoms with Crippen molar-refractivity contribution in [1.29, 1.82) is 0 Å². The fourth-order valence-electron chi connectivity index (χ4n) is 1.82. The van der Waals surface area contributed by atoms with Crippen LogP contribution in [-0.2, 0) is 0 Å². The van der Waals surface area contributed by atoms with Gasteiger partial charge >= 0.3 is 0 Å². The molecule has 2 aromatic carbocycles. The van der Waals surface area contributed by atoms with Crippen molar-refractivity contribution in [3.8, 4) is 11.5 Å². The Kier molecular flexibility index (Phi) is 3.57. The number of aliphatic hydroxyl groups is 1. The highest BCUT2D eigenvalue weighted by atomic mass is 19.1. The van der Waals surface area contributed by atoms with Gasteiger partial charge in [-0.25, -0.2) is 4.39 Å². The number of aromatic hydroxyl groups is 1. The first-order valence-corrected chi connectivity index (χ1v) is 5.63. The fourth-order valence-corrected chi connectivity index (χ4v) is 1.82. The van der Waals surface area contributed by atoms with Gasteiger partial charge in [0.1, 0.15) is 23.4 Å². The average Bonchev–Trinajstić information content (AvgIpc) is 2.42. The third-order valence-corrected chi connectivity index (χ3v) is 2.86. The van der Waals surface area contributed by atoms with Crippen LogP contribution < -0.4 is 10.5 Å². The van der Waals surface area contributed by atoms with Crippen molar-refractivity contribution in [3.05, 3.63) is 53.3 Å². The van der Waals surface area contributed by atoms with Crippen molar-refractivity contribution in [2.75, 3.05) is 12.8 Å². The summed E-state index contributed by atoms with van der Waals surface area (Å²) in [6.07, 6.45) is -1.16. The van der Waals surface area contributed by atoms with Crippen LogP contribution in [0.3, 0.4) is 0 Å². The van der Waals surface area contributed by atoms with E-state index in [4.69, 9.17) is 10.5 Å². The number of hydrogen-bond donors (Lipinski definition) is 3. The Morgan fingerprint density at radius 2 is 1.84 bits per heavy atom. The first-order chi connectivity index (χ1) is 9.02. The van der Waals surface area contributed by atoms with Crippen LogP contribution in [-0.4, -0.2) is 17.3 Å². The minimum Gasteiger partial charge on any atom is -0.505 e. The number of phenols is 1. The lowest BCUT2D eigenvalue weighted by Gasteiger charge is -2.15. The predicted octanol–water partition coefficient (Wildman–Crippen LogP) is 2.20. The summed E-state index contributed by atoms with van der Waals surface area (Å²) in [5.41, 5.74) is 5.88. The minimum atomic E-state index is -1.16. The molecule has 0 saturated carbocycles. The summed E-state index contributed by atoms with van der Waals surface area (Å²) >= 11 is 0. The van der Waals surface area contributed by atoms with E-state index in [2.05, 4.69) is 0 Å². The van der Waals surface area contributed by atoms with Gasteiger partial charge in [0, 0.05) is 11.6 Å². The Bertz CT molecular complexity index is 584. The molecule has 2 aromatic rings. The fraction of sp³-hybridized carbons (Fsp3) is 0.143. The van der Waals surface area contributed by atoms with Crippen LogP contribution in [0.4, 0.5) is 10.1 Å². The van der Waals surface area contributed by atoms with Gasteiger partial charge in [-0.2, -0.15) is 0 Å². The molecule has 0 saturated heterocycles. The first-order valence-electron chi connectivity index (χ1n) is 5.63. The van der Waals surface area contributed by atoms with Gasteiger partial charge in [0.15, 0.2) is 0 Å². The number of nitrogens with two attached hydrogens (primary N) is 1. The number of nitrogen functional groups attached to an aromatic ring is 1. The van der Waals surface area contributed by atoms with E-state index in [-0.39, 0.29) is 17.0 Å². The Morgan fingerprint density at radius 1 is 1.21 bits per heavy atom. The second-order valence-electron chi connectivity index (χ2n) is 4.11. The molecule has 0 radical (unpaired) electrons. The molecule has 2 rings (SSSR count). The van der Waals surface area contributed by atoms with E-state index >= 15 is 0 Å². The molecule has 19 heavy (non-hydrogen) atoms. The molecule has 0 spiro atoms. The molecule has 4 nitrogen and oxygen atoms in total. The number of phenolic OH excluding ortho intramolecular Hbond substituents is 1. The molecule has 0 aliphatic heterocycles. The van der Waals surface area contributed by atoms with E-state index in [0.717, 1.165) is 12.1 Å². The lowest BCUT2D eigenvalue weighted by atomic mass is 10.00. The molecule has 0 aromatic heterocycles. The predicted molar refractivity (Wildman–Crippen MR) is 69.5 cm³/mol. The zero-order valence-electron chi connectivity index (χ0n) is 10.3. The zero-order valence-corrected chi connectivity index (χ0v) is 10.3. The molecular formula is C14H14FNO3. The van der Waals surface area contributed by atoms with Crippen LogP contribution in [0.25, 0.3) is 0 Å². The van der Waals surface area contributed by atoms with Crippen LogP contribution in [0.1, 0.15) is 17.2 Å². The summed E-state index contributed by atoms with van der Waals surface area (Å²) in [4.78, 5) is 0. The average molecular weight is 263 g/mol. The van der Waals surface area contributed by atoms with Gasteiger partial charge in [-0.3, -0.25) is 0 Å². The molecule has 0 heterocycles. The van der Waals surface area contributed by atoms with E-state index < -0.39 is 11.9 Å². The van der Waals surface area contributed by atoms with Crippen LogP contribution in [0.2, 0.25) is 0 Å². The topological polar surface area (TPSA) is 75.7 Å². The zero-order chi connectivity index (χ0) is 14.0. The third kappa shape index (κ3) is 2.61. The standard InChI is InChI=1S/C14H14FNO3/c1-19-10-4-2-8(3-5-10)13(17)11-6-9(15)7-12(16)14(11)18/h2-7,13,17-18H,16H2,1H3. The van der Waals surface area contributed by atoms with Crippen molar-refractivity contribution < 1.29 is 19.3 Å². The number of aliphatic hydroxyl groups excluding tert-OH is 1. The van der Waals surface area contributed by atoms with E-state index in [1.165, 1.54) is 7.11 Å². The number of methoxy groups -OCH3 is 1. The van der Waals surface area contributed by atoms with Crippen molar-refractivity contribution >= 4 is 5.69 Å². The maximum Gasteiger partial charge on any atom is 0.144 e. The van der Waals surface area contributed by atoms with E-state index in [1.807, 2.05) is 0 Å². The van der Waals surface area contributed by atoms with Crippen LogP contribution in [0.15, 0.2) is 36.4 Å². The Labute approximate surface area is 109 Å². The van der Waals surface area contributed by atoms with E-state index in [9.17, 15) is 14.6 Å². The lowest BCUT2D eigenvalue weighted by molar-refractivity contribution is 0.215. The molecule has 0 aliphatic carbocycles. The summed E-state index contributed by atoms with van der Waals surface area (Å²) in [6, 6.07) is 8.64. The quantitative estimate of drug-likeness (QED) is 0.586. The smallest absolute Gasteiger partial charge is 0.144 e. The summed E-state index contributed by atoms with van der Waals surface area (Å²) in [6.45, 7) is 0. The van der Waals surface area contributed by atoms with Gasteiger partial charge in [0.05, 0.1) is 12.8 Å². The number of hydrogen-bond acceptors (Lipinski definition) is 4. The molecule has 0 fully saturated rings. The Hall–Kier alpha value is -2.27. The van der Waals surface area contributed by atoms with Gasteiger partial charge in [0.2, 0.25) is 0 Å². The van der Waals surface area contributed by atoms with Crippen LogP contribution in [0.5, 0.6) is 11.5 Å². The second kappa shape index (κ2) is 5.16. The van der Waals surface area contributed by atoms with E-state index in [0.29, 0.717) is 11.3 Å². The molecule has 1 atom stereocenters. The maximum absolute atomic E-state index is 13.3. The molecule has 0 amide bonds. The van der Waals surface area contributed by atoms with Crippen LogP contribution >= 0.6 is 0 Å². The van der Waals surface area contributed by atoms with Gasteiger partial charge in [0.25, 0.3) is 0 Å². The number of rotatable bonds is 3. The van der Waals surface area contributed by atoms with Crippen molar-refractivity contribution in [2.24, 2.45) is 0 Å². The summed E-state index contributed by atoms with van der Waals surface area (Å²) in [5, 5.41) is 19.9. The van der Waals surface area contributed by atoms with Crippen molar-refractivity contribution in [2.45, 2.75) is 6.10 Å². The molecule has 100 valence electrons. The molecule has 4 N–H and O–H groups in total. The molecule has 1 unspecified atom stereocenters. The highest BCUT2D eigenvalue weighted by molar-refractivity contribution is 5.58. The number of anilines is 1. The third-order valence-electron chi connectivity index (χ3n) is 2.86. The largest absolute Gasteiger partial charge is 0.505 e. The normalized spacial score (nSPS) is 12.2. The highest BCUT2D eigenvalue weighted by Gasteiger charge is 2.17. The second-order valence-corrected chi connectivity index (χ2v) is 4.11.